The van der Waals surface area contributed by atoms with E-state index in [4.69, 9.17) is 4.74 Å². The first-order chi connectivity index (χ1) is 8.11. The van der Waals surface area contributed by atoms with E-state index in [1.54, 1.807) is 0 Å². The molecule has 94 valence electrons. The molecule has 1 aliphatic rings. The Morgan fingerprint density at radius 3 is 3.06 bits per heavy atom. The van der Waals surface area contributed by atoms with Crippen molar-refractivity contribution < 1.29 is 4.74 Å². The van der Waals surface area contributed by atoms with Crippen LogP contribution in [-0.4, -0.2) is 41.6 Å². The Bertz CT molecular complexity index is 461. The molecule has 0 amide bonds. The molecule has 17 heavy (non-hydrogen) atoms. The summed E-state index contributed by atoms with van der Waals surface area (Å²) in [5.74, 6) is 0.652. The van der Waals surface area contributed by atoms with Gasteiger partial charge in [0, 0.05) is 13.1 Å². The van der Waals surface area contributed by atoms with Crippen molar-refractivity contribution in [2.45, 2.75) is 19.4 Å². The van der Waals surface area contributed by atoms with Crippen LogP contribution in [-0.2, 0) is 11.2 Å². The highest BCUT2D eigenvalue weighted by Crippen LogP contribution is 2.18. The lowest BCUT2D eigenvalue weighted by Crippen LogP contribution is -2.37. The summed E-state index contributed by atoms with van der Waals surface area (Å²) in [7, 11) is 2.04. The standard InChI is InChI=1S/C11H16IN3O2/c1-3-7-9(12)11(16)14-10(13-7)8-6-15(2)4-5-17-8/h8H,3-6H2,1-2H3,(H,13,14,16). The largest absolute Gasteiger partial charge is 0.368 e. The fourth-order valence-electron chi connectivity index (χ4n) is 1.85. The number of aryl methyl sites for hydroxylation is 1. The molecule has 0 aliphatic carbocycles. The van der Waals surface area contributed by atoms with E-state index in [0.717, 1.165) is 25.2 Å². The molecule has 5 nitrogen and oxygen atoms in total. The van der Waals surface area contributed by atoms with Crippen molar-refractivity contribution in [2.24, 2.45) is 0 Å². The lowest BCUT2D eigenvalue weighted by molar-refractivity contribution is -0.0257. The third-order valence-corrected chi connectivity index (χ3v) is 3.97. The van der Waals surface area contributed by atoms with Gasteiger partial charge in [0.15, 0.2) is 0 Å². The average Bonchev–Trinajstić information content (AvgIpc) is 2.32. The number of rotatable bonds is 2. The normalized spacial score (nSPS) is 21.7. The molecule has 6 heteroatoms. The number of aromatic nitrogens is 2. The van der Waals surface area contributed by atoms with Gasteiger partial charge in [0.05, 0.1) is 15.9 Å². The van der Waals surface area contributed by atoms with Gasteiger partial charge < -0.3 is 14.6 Å². The number of nitrogens with one attached hydrogen (secondary N) is 1. The number of morpholine rings is 1. The minimum absolute atomic E-state index is 0.0655. The number of H-pyrrole nitrogens is 1. The van der Waals surface area contributed by atoms with Gasteiger partial charge in [-0.1, -0.05) is 6.92 Å². The smallest absolute Gasteiger partial charge is 0.264 e. The maximum Gasteiger partial charge on any atom is 0.264 e. The summed E-state index contributed by atoms with van der Waals surface area (Å²) >= 11 is 2.04. The monoisotopic (exact) mass is 349 g/mol. The van der Waals surface area contributed by atoms with E-state index < -0.39 is 0 Å². The topological polar surface area (TPSA) is 58.2 Å². The van der Waals surface area contributed by atoms with Crippen LogP contribution in [0.2, 0.25) is 0 Å². The zero-order valence-electron chi connectivity index (χ0n) is 9.99. The van der Waals surface area contributed by atoms with Crippen LogP contribution in [0.25, 0.3) is 0 Å². The number of hydrogen-bond donors (Lipinski definition) is 1. The molecular weight excluding hydrogens is 333 g/mol. The summed E-state index contributed by atoms with van der Waals surface area (Å²) in [5, 5.41) is 0. The highest BCUT2D eigenvalue weighted by atomic mass is 127. The zero-order valence-corrected chi connectivity index (χ0v) is 12.2. The molecule has 2 heterocycles. The quantitative estimate of drug-likeness (QED) is 0.808. The van der Waals surface area contributed by atoms with Crippen LogP contribution >= 0.6 is 22.6 Å². The highest BCUT2D eigenvalue weighted by Gasteiger charge is 2.22. The summed E-state index contributed by atoms with van der Waals surface area (Å²) in [6.45, 7) is 4.37. The van der Waals surface area contributed by atoms with E-state index in [-0.39, 0.29) is 11.7 Å². The molecule has 1 aliphatic heterocycles. The number of hydrogen-bond acceptors (Lipinski definition) is 4. The maximum atomic E-state index is 11.8. The lowest BCUT2D eigenvalue weighted by Gasteiger charge is -2.29. The highest BCUT2D eigenvalue weighted by molar-refractivity contribution is 14.1. The van der Waals surface area contributed by atoms with Crippen molar-refractivity contribution in [3.8, 4) is 0 Å². The summed E-state index contributed by atoms with van der Waals surface area (Å²) < 4.78 is 6.33. The molecule has 0 bridgehead atoms. The molecule has 1 N–H and O–H groups in total. The maximum absolute atomic E-state index is 11.8. The van der Waals surface area contributed by atoms with Crippen molar-refractivity contribution in [3.05, 3.63) is 25.4 Å². The Morgan fingerprint density at radius 2 is 2.41 bits per heavy atom. The van der Waals surface area contributed by atoms with Crippen molar-refractivity contribution in [2.75, 3.05) is 26.7 Å². The van der Waals surface area contributed by atoms with Crippen molar-refractivity contribution in [1.29, 1.82) is 0 Å². The van der Waals surface area contributed by atoms with E-state index in [1.807, 2.05) is 36.6 Å². The van der Waals surface area contributed by atoms with Gasteiger partial charge >= 0.3 is 0 Å². The van der Waals surface area contributed by atoms with Crippen LogP contribution in [0.5, 0.6) is 0 Å². The van der Waals surface area contributed by atoms with Crippen LogP contribution in [0.15, 0.2) is 4.79 Å². The van der Waals surface area contributed by atoms with Gasteiger partial charge in [0.25, 0.3) is 5.56 Å². The second-order valence-corrected chi connectivity index (χ2v) is 5.27. The summed E-state index contributed by atoms with van der Waals surface area (Å²) in [6.07, 6.45) is 0.640. The number of aromatic amines is 1. The van der Waals surface area contributed by atoms with Gasteiger partial charge in [0.1, 0.15) is 11.9 Å². The van der Waals surface area contributed by atoms with Crippen LogP contribution in [0.4, 0.5) is 0 Å². The Morgan fingerprint density at radius 1 is 1.65 bits per heavy atom. The first-order valence-electron chi connectivity index (χ1n) is 5.70. The van der Waals surface area contributed by atoms with Gasteiger partial charge in [-0.05, 0) is 36.1 Å². The Balaban J connectivity index is 2.32. The average molecular weight is 349 g/mol. The SMILES string of the molecule is CCc1nc(C2CN(C)CCO2)[nH]c(=O)c1I. The van der Waals surface area contributed by atoms with E-state index in [9.17, 15) is 4.79 Å². The molecule has 1 saturated heterocycles. The fourth-order valence-corrected chi connectivity index (χ4v) is 2.49. The first-order valence-corrected chi connectivity index (χ1v) is 6.78. The van der Waals surface area contributed by atoms with Crippen LogP contribution in [0, 0.1) is 3.57 Å². The van der Waals surface area contributed by atoms with Gasteiger partial charge in [-0.15, -0.1) is 0 Å². The molecular formula is C11H16IN3O2. The van der Waals surface area contributed by atoms with Crippen LogP contribution < -0.4 is 5.56 Å². The van der Waals surface area contributed by atoms with Crippen LogP contribution in [0.3, 0.4) is 0 Å². The minimum atomic E-state index is -0.122. The van der Waals surface area contributed by atoms with Crippen molar-refractivity contribution in [3.63, 3.8) is 0 Å². The Hall–Kier alpha value is -0.470. The Kier molecular flexibility index (Phi) is 4.16. The summed E-state index contributed by atoms with van der Waals surface area (Å²) in [4.78, 5) is 21.3. The van der Waals surface area contributed by atoms with Crippen molar-refractivity contribution in [1.82, 2.24) is 14.9 Å². The minimum Gasteiger partial charge on any atom is -0.368 e. The fraction of sp³-hybridized carbons (Fsp3) is 0.636. The van der Waals surface area contributed by atoms with Crippen molar-refractivity contribution >= 4 is 22.6 Å². The number of likely N-dealkylation sites (N-methyl/N-ethyl adjacent to an activating group) is 1. The second-order valence-electron chi connectivity index (χ2n) is 4.19. The molecule has 1 unspecified atom stereocenters. The third kappa shape index (κ3) is 2.86. The lowest BCUT2D eigenvalue weighted by atomic mass is 10.2. The van der Waals surface area contributed by atoms with E-state index in [1.165, 1.54) is 0 Å². The van der Waals surface area contributed by atoms with Gasteiger partial charge in [0.2, 0.25) is 0 Å². The number of nitrogens with zero attached hydrogens (tertiary/aromatic N) is 2. The molecule has 0 spiro atoms. The summed E-state index contributed by atoms with van der Waals surface area (Å²) in [5.41, 5.74) is 0.783. The predicted octanol–water partition coefficient (Wildman–Crippen LogP) is 0.940. The van der Waals surface area contributed by atoms with Gasteiger partial charge in [-0.3, -0.25) is 4.79 Å². The molecule has 1 aromatic rings. The van der Waals surface area contributed by atoms with E-state index in [0.29, 0.717) is 16.0 Å². The molecule has 1 atom stereocenters. The van der Waals surface area contributed by atoms with E-state index in [2.05, 4.69) is 14.9 Å². The first kappa shape index (κ1) is 13.0. The van der Waals surface area contributed by atoms with Gasteiger partial charge in [-0.25, -0.2) is 4.98 Å². The number of ether oxygens (including phenoxy) is 1. The molecule has 2 rings (SSSR count). The van der Waals surface area contributed by atoms with Crippen LogP contribution in [0.1, 0.15) is 24.5 Å². The third-order valence-electron chi connectivity index (χ3n) is 2.86. The summed E-state index contributed by atoms with van der Waals surface area (Å²) in [6, 6.07) is 0. The number of halogens is 1. The molecule has 0 radical (unpaired) electrons. The second kappa shape index (κ2) is 5.45. The molecule has 0 aromatic carbocycles. The Labute approximate surface area is 114 Å². The molecule has 0 saturated carbocycles. The van der Waals surface area contributed by atoms with E-state index >= 15 is 0 Å². The molecule has 1 aromatic heterocycles. The van der Waals surface area contributed by atoms with Gasteiger partial charge in [-0.2, -0.15) is 0 Å². The molecule has 1 fully saturated rings. The zero-order chi connectivity index (χ0) is 12.4. The predicted molar refractivity (Wildman–Crippen MR) is 73.1 cm³/mol.